The average molecular weight is 504 g/mol. The van der Waals surface area contributed by atoms with Crippen molar-refractivity contribution >= 4 is 23.2 Å². The van der Waals surface area contributed by atoms with Gasteiger partial charge in [0.15, 0.2) is 5.82 Å². The summed E-state index contributed by atoms with van der Waals surface area (Å²) in [6, 6.07) is 4.65. The summed E-state index contributed by atoms with van der Waals surface area (Å²) in [7, 11) is 0. The Morgan fingerprint density at radius 3 is 2.59 bits per heavy atom. The Kier molecular flexibility index (Phi) is 6.00. The summed E-state index contributed by atoms with van der Waals surface area (Å²) in [5, 5.41) is 6.80. The molecule has 1 amide bonds. The van der Waals surface area contributed by atoms with Crippen molar-refractivity contribution in [2.45, 2.75) is 50.0 Å². The SMILES string of the molecule is O=C(Nc1cncc(N2CC3CC3C2)n1)C1(c2ccc(N3CCC[C@@H](NCC4CCC4)C3)cn2)COC1. The van der Waals surface area contributed by atoms with Crippen LogP contribution in [0.25, 0.3) is 0 Å². The Labute approximate surface area is 218 Å². The van der Waals surface area contributed by atoms with Crippen LogP contribution in [0.3, 0.4) is 0 Å². The van der Waals surface area contributed by atoms with Gasteiger partial charge in [0.25, 0.3) is 0 Å². The third kappa shape index (κ3) is 4.56. The molecule has 3 saturated heterocycles. The molecule has 3 aliphatic heterocycles. The molecule has 9 heteroatoms. The minimum Gasteiger partial charge on any atom is -0.378 e. The van der Waals surface area contributed by atoms with Crippen molar-refractivity contribution in [3.8, 4) is 0 Å². The number of aromatic nitrogens is 3. The molecule has 5 aliphatic rings. The van der Waals surface area contributed by atoms with Gasteiger partial charge in [-0.25, -0.2) is 4.98 Å². The van der Waals surface area contributed by atoms with Crippen molar-refractivity contribution in [3.63, 3.8) is 0 Å². The summed E-state index contributed by atoms with van der Waals surface area (Å²) in [6.45, 7) is 5.94. The first-order valence-electron chi connectivity index (χ1n) is 14.1. The molecule has 9 nitrogen and oxygen atoms in total. The third-order valence-corrected chi connectivity index (χ3v) is 9.24. The number of anilines is 3. The fourth-order valence-corrected chi connectivity index (χ4v) is 6.36. The number of fused-ring (bicyclic) bond motifs is 1. The predicted molar refractivity (Wildman–Crippen MR) is 142 cm³/mol. The zero-order valence-electron chi connectivity index (χ0n) is 21.4. The normalized spacial score (nSPS) is 28.3. The summed E-state index contributed by atoms with van der Waals surface area (Å²) >= 11 is 0. The molecular formula is C28H37N7O2. The molecular weight excluding hydrogens is 466 g/mol. The van der Waals surface area contributed by atoms with Gasteiger partial charge in [0, 0.05) is 32.2 Å². The van der Waals surface area contributed by atoms with Crippen LogP contribution in [-0.4, -0.2) is 72.8 Å². The molecule has 0 radical (unpaired) electrons. The Balaban J connectivity index is 1.00. The van der Waals surface area contributed by atoms with Crippen LogP contribution in [0, 0.1) is 17.8 Å². The first-order valence-corrected chi connectivity index (χ1v) is 14.1. The Bertz CT molecular complexity index is 1120. The molecule has 2 aromatic rings. The molecule has 5 heterocycles. The number of nitrogens with zero attached hydrogens (tertiary/aromatic N) is 5. The second-order valence-electron chi connectivity index (χ2n) is 11.8. The van der Waals surface area contributed by atoms with E-state index in [2.05, 4.69) is 31.5 Å². The molecule has 2 aromatic heterocycles. The van der Waals surface area contributed by atoms with E-state index in [1.54, 1.807) is 12.4 Å². The summed E-state index contributed by atoms with van der Waals surface area (Å²) in [5.41, 5.74) is 1.08. The van der Waals surface area contributed by atoms with Crippen LogP contribution >= 0.6 is 0 Å². The maximum atomic E-state index is 13.5. The minimum atomic E-state index is -0.791. The lowest BCUT2D eigenvalue weighted by Gasteiger charge is -2.39. The predicted octanol–water partition coefficient (Wildman–Crippen LogP) is 2.59. The highest BCUT2D eigenvalue weighted by Crippen LogP contribution is 2.46. The first-order chi connectivity index (χ1) is 18.2. The largest absolute Gasteiger partial charge is 0.378 e. The maximum Gasteiger partial charge on any atom is 0.242 e. The van der Waals surface area contributed by atoms with E-state index < -0.39 is 5.41 Å². The molecule has 7 rings (SSSR count). The topological polar surface area (TPSA) is 95.5 Å². The van der Waals surface area contributed by atoms with E-state index in [0.717, 1.165) is 67.7 Å². The van der Waals surface area contributed by atoms with Gasteiger partial charge >= 0.3 is 0 Å². The molecule has 0 bridgehead atoms. The summed E-state index contributed by atoms with van der Waals surface area (Å²) in [4.78, 5) is 32.0. The van der Waals surface area contributed by atoms with Crippen molar-refractivity contribution in [1.82, 2.24) is 20.3 Å². The average Bonchev–Trinajstić information content (AvgIpc) is 3.48. The van der Waals surface area contributed by atoms with Gasteiger partial charge in [0.1, 0.15) is 11.2 Å². The minimum absolute atomic E-state index is 0.132. The molecule has 2 aliphatic carbocycles. The molecule has 196 valence electrons. The zero-order chi connectivity index (χ0) is 24.8. The van der Waals surface area contributed by atoms with E-state index in [4.69, 9.17) is 14.7 Å². The van der Waals surface area contributed by atoms with Crippen LogP contribution in [0.4, 0.5) is 17.3 Å². The number of carbonyl (C=O) groups is 1. The van der Waals surface area contributed by atoms with Crippen molar-refractivity contribution in [1.29, 1.82) is 0 Å². The van der Waals surface area contributed by atoms with Gasteiger partial charge in [-0.2, -0.15) is 0 Å². The van der Waals surface area contributed by atoms with Gasteiger partial charge in [0.05, 0.1) is 43.2 Å². The molecule has 0 aromatic carbocycles. The number of hydrogen-bond acceptors (Lipinski definition) is 8. The number of ether oxygens (including phenoxy) is 1. The van der Waals surface area contributed by atoms with Crippen molar-refractivity contribution in [2.75, 3.05) is 61.1 Å². The highest BCUT2D eigenvalue weighted by molar-refractivity contribution is 5.99. The van der Waals surface area contributed by atoms with Crippen LogP contribution in [-0.2, 0) is 14.9 Å². The number of piperidine rings is 2. The Morgan fingerprint density at radius 1 is 1.03 bits per heavy atom. The lowest BCUT2D eigenvalue weighted by Crippen LogP contribution is -2.56. The van der Waals surface area contributed by atoms with Gasteiger partial charge in [0.2, 0.25) is 5.91 Å². The molecule has 2 saturated carbocycles. The summed E-state index contributed by atoms with van der Waals surface area (Å²) in [6.07, 6.45) is 13.2. The maximum absolute atomic E-state index is 13.5. The highest BCUT2D eigenvalue weighted by atomic mass is 16.5. The molecule has 2 unspecified atom stereocenters. The monoisotopic (exact) mass is 503 g/mol. The molecule has 5 fully saturated rings. The van der Waals surface area contributed by atoms with Crippen LogP contribution < -0.4 is 20.4 Å². The second kappa shape index (κ2) is 9.51. The summed E-state index contributed by atoms with van der Waals surface area (Å²) in [5.74, 6) is 3.69. The Morgan fingerprint density at radius 2 is 1.89 bits per heavy atom. The number of hydrogen-bond donors (Lipinski definition) is 2. The van der Waals surface area contributed by atoms with Crippen LogP contribution in [0.5, 0.6) is 0 Å². The quantitative estimate of drug-likeness (QED) is 0.568. The number of rotatable bonds is 8. The van der Waals surface area contributed by atoms with E-state index in [1.165, 1.54) is 38.5 Å². The standard InChI is InChI=1S/C28H37N7O2/c36-27(33-25-12-29-13-26(32-25)35-14-20-9-21(20)15-35)28(17-37-18-28)24-7-6-23(11-31-24)34-8-2-5-22(16-34)30-10-19-3-1-4-19/h6-7,11-13,19-22,30H,1-5,8-10,14-18H2,(H,32,33,36)/t20?,21?,22-/m1/s1. The molecule has 3 atom stereocenters. The second-order valence-corrected chi connectivity index (χ2v) is 11.8. The fraction of sp³-hybridized carbons (Fsp3) is 0.643. The van der Waals surface area contributed by atoms with Gasteiger partial charge in [-0.3, -0.25) is 14.8 Å². The van der Waals surface area contributed by atoms with E-state index in [0.29, 0.717) is 25.1 Å². The fourth-order valence-electron chi connectivity index (χ4n) is 6.36. The number of pyridine rings is 1. The Hall–Kier alpha value is -2.78. The lowest BCUT2D eigenvalue weighted by molar-refractivity contribution is -0.140. The van der Waals surface area contributed by atoms with Crippen LogP contribution in [0.2, 0.25) is 0 Å². The van der Waals surface area contributed by atoms with E-state index in [-0.39, 0.29) is 5.91 Å². The number of amides is 1. The van der Waals surface area contributed by atoms with E-state index >= 15 is 0 Å². The number of nitrogens with one attached hydrogen (secondary N) is 2. The van der Waals surface area contributed by atoms with Gasteiger partial charge in [-0.15, -0.1) is 0 Å². The first kappa shape index (κ1) is 23.3. The van der Waals surface area contributed by atoms with E-state index in [9.17, 15) is 4.79 Å². The van der Waals surface area contributed by atoms with Crippen molar-refractivity contribution in [3.05, 3.63) is 36.4 Å². The van der Waals surface area contributed by atoms with Gasteiger partial charge in [-0.1, -0.05) is 6.42 Å². The highest BCUT2D eigenvalue weighted by Gasteiger charge is 2.49. The zero-order valence-corrected chi connectivity index (χ0v) is 21.4. The molecule has 37 heavy (non-hydrogen) atoms. The summed E-state index contributed by atoms with van der Waals surface area (Å²) < 4.78 is 5.53. The number of carbonyl (C=O) groups excluding carboxylic acids is 1. The third-order valence-electron chi connectivity index (χ3n) is 9.24. The molecule has 2 N–H and O–H groups in total. The van der Waals surface area contributed by atoms with Crippen molar-refractivity contribution in [2.24, 2.45) is 17.8 Å². The van der Waals surface area contributed by atoms with Crippen LogP contribution in [0.15, 0.2) is 30.7 Å². The smallest absolute Gasteiger partial charge is 0.242 e. The van der Waals surface area contributed by atoms with Crippen molar-refractivity contribution < 1.29 is 9.53 Å². The lowest BCUT2D eigenvalue weighted by atomic mass is 9.81. The van der Waals surface area contributed by atoms with Crippen LogP contribution in [0.1, 0.15) is 44.2 Å². The van der Waals surface area contributed by atoms with Gasteiger partial charge < -0.3 is 25.2 Å². The molecule has 0 spiro atoms. The van der Waals surface area contributed by atoms with Gasteiger partial charge in [-0.05, 0) is 68.5 Å². The van der Waals surface area contributed by atoms with E-state index in [1.807, 2.05) is 12.3 Å².